The number of aromatic carboxylic acids is 1. The summed E-state index contributed by atoms with van der Waals surface area (Å²) in [6.45, 7) is -0.956. The first-order valence-corrected chi connectivity index (χ1v) is 8.83. The highest BCUT2D eigenvalue weighted by atomic mass is 35.5. The average Bonchev–Trinajstić information content (AvgIpc) is 3.01. The molecular weight excluding hydrogens is 460 g/mol. The number of carbonyl (C=O) groups excluding carboxylic acids is 1. The van der Waals surface area contributed by atoms with Gasteiger partial charge in [-0.1, -0.05) is 11.6 Å². The number of carbonyl (C=O) groups is 2. The van der Waals surface area contributed by atoms with Crippen molar-refractivity contribution >= 4 is 23.7 Å². The third-order valence-electron chi connectivity index (χ3n) is 4.39. The monoisotopic (exact) mass is 471 g/mol. The van der Waals surface area contributed by atoms with Crippen molar-refractivity contribution in [1.82, 2.24) is 14.7 Å². The van der Waals surface area contributed by atoms with Crippen LogP contribution in [0.3, 0.4) is 0 Å². The SMILES string of the molecule is O=C(O)c1nn2c(c1Cl)CN(C(=O)OCc1cc(C(F)(F)F)cc(C(F)(F)F)c1)CC2. The number of carboxylic acid groups (broad SMARTS) is 1. The molecule has 1 aromatic carbocycles. The molecule has 0 aliphatic carbocycles. The lowest BCUT2D eigenvalue weighted by Crippen LogP contribution is -2.38. The largest absolute Gasteiger partial charge is 0.476 e. The number of nitrogens with zero attached hydrogens (tertiary/aromatic N) is 3. The van der Waals surface area contributed by atoms with Crippen molar-refractivity contribution in [2.75, 3.05) is 6.54 Å². The Bertz CT molecular complexity index is 1000. The minimum atomic E-state index is -5.02. The van der Waals surface area contributed by atoms with E-state index in [1.54, 1.807) is 0 Å². The van der Waals surface area contributed by atoms with E-state index in [0.717, 1.165) is 4.90 Å². The molecule has 0 atom stereocenters. The second-order valence-electron chi connectivity index (χ2n) is 6.53. The number of aromatic nitrogens is 2. The average molecular weight is 472 g/mol. The Labute approximate surface area is 174 Å². The van der Waals surface area contributed by atoms with Crippen molar-refractivity contribution in [3.8, 4) is 0 Å². The Morgan fingerprint density at radius 2 is 1.65 bits per heavy atom. The minimum Gasteiger partial charge on any atom is -0.476 e. The van der Waals surface area contributed by atoms with Gasteiger partial charge in [-0.3, -0.25) is 4.68 Å². The van der Waals surface area contributed by atoms with Crippen LogP contribution >= 0.6 is 11.6 Å². The molecule has 0 saturated carbocycles. The van der Waals surface area contributed by atoms with Crippen LogP contribution in [0.5, 0.6) is 0 Å². The highest BCUT2D eigenvalue weighted by molar-refractivity contribution is 6.33. The molecule has 168 valence electrons. The summed E-state index contributed by atoms with van der Waals surface area (Å²) in [5, 5.41) is 12.6. The number of carboxylic acids is 1. The van der Waals surface area contributed by atoms with E-state index >= 15 is 0 Å². The first-order valence-electron chi connectivity index (χ1n) is 8.46. The molecule has 0 saturated heterocycles. The van der Waals surface area contributed by atoms with E-state index < -0.39 is 53.4 Å². The summed E-state index contributed by atoms with van der Waals surface area (Å²) in [5.41, 5.74) is -3.74. The number of benzene rings is 1. The van der Waals surface area contributed by atoms with Gasteiger partial charge in [0, 0.05) is 6.54 Å². The Balaban J connectivity index is 1.75. The van der Waals surface area contributed by atoms with Crippen LogP contribution in [0.25, 0.3) is 0 Å². The van der Waals surface area contributed by atoms with Crippen LogP contribution in [0, 0.1) is 0 Å². The maximum atomic E-state index is 12.9. The van der Waals surface area contributed by atoms with Gasteiger partial charge in [0.25, 0.3) is 0 Å². The zero-order valence-corrected chi connectivity index (χ0v) is 16.0. The molecule has 0 unspecified atom stereocenters. The third kappa shape index (κ3) is 4.86. The Kier molecular flexibility index (Phi) is 5.82. The summed E-state index contributed by atoms with van der Waals surface area (Å²) in [6.07, 6.45) is -11.1. The van der Waals surface area contributed by atoms with Gasteiger partial charge in [0.1, 0.15) is 6.61 Å². The molecule has 1 N–H and O–H groups in total. The molecule has 0 fully saturated rings. The lowest BCUT2D eigenvalue weighted by Gasteiger charge is -2.27. The normalized spacial score (nSPS) is 14.4. The number of hydrogen-bond donors (Lipinski definition) is 1. The molecule has 0 radical (unpaired) electrons. The van der Waals surface area contributed by atoms with Crippen LogP contribution in [0.2, 0.25) is 5.02 Å². The predicted octanol–water partition coefficient (Wildman–Crippen LogP) is 4.42. The van der Waals surface area contributed by atoms with Crippen LogP contribution in [0.1, 0.15) is 32.9 Å². The fraction of sp³-hybridized carbons (Fsp3) is 0.353. The maximum absolute atomic E-state index is 12.9. The second-order valence-corrected chi connectivity index (χ2v) is 6.91. The molecule has 2 aromatic rings. The lowest BCUT2D eigenvalue weighted by atomic mass is 10.1. The van der Waals surface area contributed by atoms with Gasteiger partial charge in [0.05, 0.1) is 34.9 Å². The number of alkyl halides is 6. The zero-order valence-electron chi connectivity index (χ0n) is 15.2. The fourth-order valence-corrected chi connectivity index (χ4v) is 3.19. The molecule has 1 aliphatic heterocycles. The van der Waals surface area contributed by atoms with Gasteiger partial charge in [-0.05, 0) is 23.8 Å². The number of halogens is 7. The summed E-state index contributed by atoms with van der Waals surface area (Å²) >= 11 is 5.94. The van der Waals surface area contributed by atoms with Gasteiger partial charge in [0.2, 0.25) is 0 Å². The third-order valence-corrected chi connectivity index (χ3v) is 4.78. The molecule has 0 spiro atoms. The minimum absolute atomic E-state index is 0.0132. The standard InChI is InChI=1S/C17H12ClF6N3O4/c18-12-11-6-26(1-2-27(11)25-13(12)14(28)29)15(30)31-7-8-3-9(16(19,20)21)5-10(4-8)17(22,23)24/h3-5H,1-2,6-7H2,(H,28,29). The summed E-state index contributed by atoms with van der Waals surface area (Å²) in [7, 11) is 0. The maximum Gasteiger partial charge on any atom is 0.416 e. The van der Waals surface area contributed by atoms with Crippen molar-refractivity contribution in [3.05, 3.63) is 51.3 Å². The van der Waals surface area contributed by atoms with Gasteiger partial charge >= 0.3 is 24.4 Å². The molecule has 1 aliphatic rings. The molecule has 1 amide bonds. The van der Waals surface area contributed by atoms with Crippen molar-refractivity contribution in [2.45, 2.75) is 32.0 Å². The van der Waals surface area contributed by atoms with E-state index in [2.05, 4.69) is 5.10 Å². The van der Waals surface area contributed by atoms with E-state index in [1.807, 2.05) is 0 Å². The van der Waals surface area contributed by atoms with Gasteiger partial charge in [-0.15, -0.1) is 0 Å². The van der Waals surface area contributed by atoms with E-state index in [-0.39, 0.29) is 36.4 Å². The van der Waals surface area contributed by atoms with Crippen LogP contribution in [0.15, 0.2) is 18.2 Å². The van der Waals surface area contributed by atoms with Crippen LogP contribution < -0.4 is 0 Å². The number of fused-ring (bicyclic) bond motifs is 1. The first-order chi connectivity index (χ1) is 14.3. The highest BCUT2D eigenvalue weighted by Gasteiger charge is 2.37. The molecule has 14 heteroatoms. The van der Waals surface area contributed by atoms with Gasteiger partial charge in [0.15, 0.2) is 5.69 Å². The van der Waals surface area contributed by atoms with E-state index in [1.165, 1.54) is 4.68 Å². The second kappa shape index (κ2) is 7.94. The summed E-state index contributed by atoms with van der Waals surface area (Å²) < 4.78 is 83.7. The number of rotatable bonds is 3. The number of hydrogen-bond acceptors (Lipinski definition) is 4. The van der Waals surface area contributed by atoms with Crippen molar-refractivity contribution < 1.29 is 45.8 Å². The molecular formula is C17H12ClF6N3O4. The molecule has 1 aromatic heterocycles. The predicted molar refractivity (Wildman–Crippen MR) is 91.2 cm³/mol. The molecule has 2 heterocycles. The van der Waals surface area contributed by atoms with Crippen molar-refractivity contribution in [2.24, 2.45) is 0 Å². The van der Waals surface area contributed by atoms with Crippen LogP contribution in [-0.4, -0.2) is 38.4 Å². The number of amides is 1. The Morgan fingerprint density at radius 3 is 2.16 bits per heavy atom. The number of ether oxygens (including phenoxy) is 1. The van der Waals surface area contributed by atoms with Gasteiger partial charge in [-0.25, -0.2) is 9.59 Å². The smallest absolute Gasteiger partial charge is 0.416 e. The quantitative estimate of drug-likeness (QED) is 0.670. The zero-order chi connectivity index (χ0) is 23.1. The van der Waals surface area contributed by atoms with Crippen LogP contribution in [-0.2, 0) is 36.8 Å². The van der Waals surface area contributed by atoms with E-state index in [9.17, 15) is 35.9 Å². The van der Waals surface area contributed by atoms with E-state index in [0.29, 0.717) is 12.1 Å². The molecule has 0 bridgehead atoms. The van der Waals surface area contributed by atoms with Gasteiger partial charge < -0.3 is 14.7 Å². The highest BCUT2D eigenvalue weighted by Crippen LogP contribution is 2.36. The van der Waals surface area contributed by atoms with E-state index in [4.69, 9.17) is 21.4 Å². The molecule has 31 heavy (non-hydrogen) atoms. The lowest BCUT2D eigenvalue weighted by molar-refractivity contribution is -0.143. The fourth-order valence-electron chi connectivity index (χ4n) is 2.92. The topological polar surface area (TPSA) is 84.7 Å². The van der Waals surface area contributed by atoms with Crippen molar-refractivity contribution in [3.63, 3.8) is 0 Å². The molecule has 3 rings (SSSR count). The summed E-state index contributed by atoms with van der Waals surface area (Å²) in [5.74, 6) is -1.37. The molecule has 7 nitrogen and oxygen atoms in total. The summed E-state index contributed by atoms with van der Waals surface area (Å²) in [4.78, 5) is 24.4. The first kappa shape index (κ1) is 22.7. The summed E-state index contributed by atoms with van der Waals surface area (Å²) in [6, 6.07) is 0.896. The Hall–Kier alpha value is -2.96. The van der Waals surface area contributed by atoms with Gasteiger partial charge in [-0.2, -0.15) is 31.4 Å². The Morgan fingerprint density at radius 1 is 1.06 bits per heavy atom. The van der Waals surface area contributed by atoms with Crippen LogP contribution in [0.4, 0.5) is 31.1 Å². The van der Waals surface area contributed by atoms with Crippen molar-refractivity contribution in [1.29, 1.82) is 0 Å².